The first-order chi connectivity index (χ1) is 10.7. The summed E-state index contributed by atoms with van der Waals surface area (Å²) >= 11 is 0. The van der Waals surface area contributed by atoms with E-state index in [1.165, 1.54) is 7.11 Å². The average Bonchev–Trinajstić information content (AvgIpc) is 2.85. The normalized spacial score (nSPS) is 10.9. The third-order valence-electron chi connectivity index (χ3n) is 3.30. The number of hydrogen-bond donors (Lipinski definition) is 0. The lowest BCUT2D eigenvalue weighted by atomic mass is 10.1. The monoisotopic (exact) mass is 300 g/mol. The lowest BCUT2D eigenvalue weighted by Gasteiger charge is -2.04. The first-order valence-electron chi connectivity index (χ1n) is 7.13. The van der Waals surface area contributed by atoms with E-state index >= 15 is 0 Å². The van der Waals surface area contributed by atoms with Crippen LogP contribution < -0.4 is 0 Å². The maximum Gasteiger partial charge on any atom is 0.358 e. The lowest BCUT2D eigenvalue weighted by Crippen LogP contribution is -2.04. The van der Waals surface area contributed by atoms with Crippen LogP contribution in [-0.4, -0.2) is 29.2 Å². The molecule has 1 heterocycles. The van der Waals surface area contributed by atoms with E-state index < -0.39 is 5.97 Å². The standard InChI is InChI=1S/C17H20N2O3/c1-4-22-11-10-14-16(17(20)21-3)18-15(19(14)2)12-13-8-6-5-7-9-13/h5-11H,4,12H2,1-3H3/b11-10+. The van der Waals surface area contributed by atoms with Crippen LogP contribution in [-0.2, 0) is 22.9 Å². The van der Waals surface area contributed by atoms with E-state index in [1.54, 1.807) is 12.3 Å². The molecule has 2 aromatic rings. The molecule has 0 amide bonds. The molecule has 0 aliphatic rings. The summed E-state index contributed by atoms with van der Waals surface area (Å²) in [7, 11) is 3.23. The van der Waals surface area contributed by atoms with Crippen molar-refractivity contribution < 1.29 is 14.3 Å². The summed E-state index contributed by atoms with van der Waals surface area (Å²) in [6, 6.07) is 9.99. The van der Waals surface area contributed by atoms with Crippen molar-refractivity contribution in [1.82, 2.24) is 9.55 Å². The molecule has 2 rings (SSSR count). The van der Waals surface area contributed by atoms with E-state index in [4.69, 9.17) is 9.47 Å². The first-order valence-corrected chi connectivity index (χ1v) is 7.13. The summed E-state index contributed by atoms with van der Waals surface area (Å²) in [5, 5.41) is 0. The Kier molecular flexibility index (Phi) is 5.36. The third kappa shape index (κ3) is 3.55. The fraction of sp³-hybridized carbons (Fsp3) is 0.294. The van der Waals surface area contributed by atoms with Crippen molar-refractivity contribution in [3.05, 3.63) is 59.4 Å². The molecule has 0 spiro atoms. The third-order valence-corrected chi connectivity index (χ3v) is 3.30. The quantitative estimate of drug-likeness (QED) is 0.608. The Morgan fingerprint density at radius 3 is 2.68 bits per heavy atom. The van der Waals surface area contributed by atoms with Crippen LogP contribution in [0.1, 0.15) is 34.5 Å². The van der Waals surface area contributed by atoms with Gasteiger partial charge in [0.05, 0.1) is 25.7 Å². The number of ether oxygens (including phenoxy) is 2. The van der Waals surface area contributed by atoms with Gasteiger partial charge in [0.1, 0.15) is 5.82 Å². The zero-order chi connectivity index (χ0) is 15.9. The Hall–Kier alpha value is -2.56. The molecule has 0 aliphatic carbocycles. The Bertz CT molecular complexity index is 660. The Balaban J connectivity index is 2.37. The predicted molar refractivity (Wildman–Crippen MR) is 84.5 cm³/mol. The van der Waals surface area contributed by atoms with Gasteiger partial charge in [-0.3, -0.25) is 0 Å². The molecule has 0 saturated heterocycles. The molecule has 5 heteroatoms. The van der Waals surface area contributed by atoms with Gasteiger partial charge in [-0.25, -0.2) is 9.78 Å². The van der Waals surface area contributed by atoms with Gasteiger partial charge in [0.25, 0.3) is 0 Å². The molecule has 0 saturated carbocycles. The SMILES string of the molecule is CCO/C=C/c1c(C(=O)OC)nc(Cc2ccccc2)n1C. The molecule has 0 fully saturated rings. The Labute approximate surface area is 130 Å². The van der Waals surface area contributed by atoms with Crippen LogP contribution in [0.2, 0.25) is 0 Å². The second-order valence-corrected chi connectivity index (χ2v) is 4.73. The first kappa shape index (κ1) is 15.8. The number of methoxy groups -OCH3 is 1. The summed E-state index contributed by atoms with van der Waals surface area (Å²) in [5.41, 5.74) is 2.10. The highest BCUT2D eigenvalue weighted by atomic mass is 16.5. The molecule has 0 radical (unpaired) electrons. The van der Waals surface area contributed by atoms with Crippen LogP contribution >= 0.6 is 0 Å². The summed E-state index contributed by atoms with van der Waals surface area (Å²) in [4.78, 5) is 16.3. The van der Waals surface area contributed by atoms with E-state index in [1.807, 2.05) is 48.9 Å². The highest BCUT2D eigenvalue weighted by Gasteiger charge is 2.19. The molecule has 116 valence electrons. The Morgan fingerprint density at radius 2 is 2.05 bits per heavy atom. The van der Waals surface area contributed by atoms with Gasteiger partial charge < -0.3 is 14.0 Å². The summed E-state index contributed by atoms with van der Waals surface area (Å²) in [6.45, 7) is 2.47. The fourth-order valence-corrected chi connectivity index (χ4v) is 2.14. The van der Waals surface area contributed by atoms with E-state index in [0.29, 0.717) is 24.4 Å². The number of rotatable bonds is 6. The van der Waals surface area contributed by atoms with Gasteiger partial charge in [-0.15, -0.1) is 0 Å². The maximum atomic E-state index is 11.9. The van der Waals surface area contributed by atoms with Crippen LogP contribution in [0, 0.1) is 0 Å². The summed E-state index contributed by atoms with van der Waals surface area (Å²) in [5.74, 6) is 0.341. The number of imidazole rings is 1. The number of aromatic nitrogens is 2. The summed E-state index contributed by atoms with van der Waals surface area (Å²) < 4.78 is 11.9. The number of nitrogens with zero attached hydrogens (tertiary/aromatic N) is 2. The van der Waals surface area contributed by atoms with Crippen molar-refractivity contribution in [2.75, 3.05) is 13.7 Å². The van der Waals surface area contributed by atoms with Crippen LogP contribution in [0.3, 0.4) is 0 Å². The van der Waals surface area contributed by atoms with E-state index in [2.05, 4.69) is 4.98 Å². The predicted octanol–water partition coefficient (Wildman–Crippen LogP) is 2.80. The van der Waals surface area contributed by atoms with Crippen LogP contribution in [0.5, 0.6) is 0 Å². The van der Waals surface area contributed by atoms with Crippen molar-refractivity contribution >= 4 is 12.0 Å². The summed E-state index contributed by atoms with van der Waals surface area (Å²) in [6.07, 6.45) is 3.94. The molecule has 0 N–H and O–H groups in total. The van der Waals surface area contributed by atoms with E-state index in [0.717, 1.165) is 11.4 Å². The van der Waals surface area contributed by atoms with Gasteiger partial charge in [-0.1, -0.05) is 30.3 Å². The van der Waals surface area contributed by atoms with E-state index in [-0.39, 0.29) is 0 Å². The van der Waals surface area contributed by atoms with Crippen LogP contribution in [0.25, 0.3) is 6.08 Å². The maximum absolute atomic E-state index is 11.9. The van der Waals surface area contributed by atoms with Crippen molar-refractivity contribution in [1.29, 1.82) is 0 Å². The number of esters is 1. The molecular weight excluding hydrogens is 280 g/mol. The largest absolute Gasteiger partial charge is 0.501 e. The average molecular weight is 300 g/mol. The topological polar surface area (TPSA) is 53.4 Å². The number of hydrogen-bond acceptors (Lipinski definition) is 4. The minimum atomic E-state index is -0.453. The second-order valence-electron chi connectivity index (χ2n) is 4.73. The fourth-order valence-electron chi connectivity index (χ4n) is 2.14. The smallest absolute Gasteiger partial charge is 0.358 e. The number of carbonyl (C=O) groups is 1. The molecule has 22 heavy (non-hydrogen) atoms. The Morgan fingerprint density at radius 1 is 1.32 bits per heavy atom. The molecule has 1 aromatic heterocycles. The molecule has 5 nitrogen and oxygen atoms in total. The zero-order valence-electron chi connectivity index (χ0n) is 13.1. The van der Waals surface area contributed by atoms with Crippen molar-refractivity contribution in [2.45, 2.75) is 13.3 Å². The number of benzene rings is 1. The van der Waals surface area contributed by atoms with Gasteiger partial charge >= 0.3 is 5.97 Å². The van der Waals surface area contributed by atoms with E-state index in [9.17, 15) is 4.79 Å². The van der Waals surface area contributed by atoms with Crippen LogP contribution in [0.15, 0.2) is 36.6 Å². The highest BCUT2D eigenvalue weighted by Crippen LogP contribution is 2.17. The van der Waals surface area contributed by atoms with Crippen LogP contribution in [0.4, 0.5) is 0 Å². The molecule has 0 atom stereocenters. The highest BCUT2D eigenvalue weighted by molar-refractivity contribution is 5.91. The number of carbonyl (C=O) groups excluding carboxylic acids is 1. The van der Waals surface area contributed by atoms with Gasteiger partial charge in [-0.05, 0) is 18.6 Å². The molecule has 0 unspecified atom stereocenters. The zero-order valence-corrected chi connectivity index (χ0v) is 13.1. The minimum Gasteiger partial charge on any atom is -0.501 e. The van der Waals surface area contributed by atoms with Crippen molar-refractivity contribution in [3.8, 4) is 0 Å². The molecule has 0 bridgehead atoms. The molecule has 0 aliphatic heterocycles. The molecular formula is C17H20N2O3. The van der Waals surface area contributed by atoms with Crippen molar-refractivity contribution in [3.63, 3.8) is 0 Å². The van der Waals surface area contributed by atoms with Gasteiger partial charge in [-0.2, -0.15) is 0 Å². The molecule has 1 aromatic carbocycles. The van der Waals surface area contributed by atoms with Crippen molar-refractivity contribution in [2.24, 2.45) is 7.05 Å². The van der Waals surface area contributed by atoms with Gasteiger partial charge in [0.2, 0.25) is 0 Å². The van der Waals surface area contributed by atoms with Gasteiger partial charge in [0, 0.05) is 13.5 Å². The second kappa shape index (κ2) is 7.45. The minimum absolute atomic E-state index is 0.298. The lowest BCUT2D eigenvalue weighted by molar-refractivity contribution is 0.0594. The van der Waals surface area contributed by atoms with Gasteiger partial charge in [0.15, 0.2) is 5.69 Å².